The van der Waals surface area contributed by atoms with Gasteiger partial charge in [0.05, 0.1) is 26.6 Å². The number of ether oxygens (including phenoxy) is 1. The maximum atomic E-state index is 12.9. The zero-order valence-corrected chi connectivity index (χ0v) is 18.6. The van der Waals surface area contributed by atoms with Gasteiger partial charge in [-0.3, -0.25) is 0 Å². The zero-order valence-electron chi connectivity index (χ0n) is 18.6. The zero-order chi connectivity index (χ0) is 21.6. The molecule has 2 aromatic carbocycles. The molecule has 4 heteroatoms. The fourth-order valence-electron chi connectivity index (χ4n) is 4.38. The van der Waals surface area contributed by atoms with Crippen molar-refractivity contribution in [3.05, 3.63) is 59.2 Å². The Bertz CT molecular complexity index is 957. The highest BCUT2D eigenvalue weighted by Crippen LogP contribution is 2.48. The summed E-state index contributed by atoms with van der Waals surface area (Å²) in [6.45, 7) is 10.8. The second kappa shape index (κ2) is 7.10. The molecule has 1 atom stereocenters. The number of hydrogen-bond donors (Lipinski definition) is 0. The average molecular weight is 395 g/mol. The van der Waals surface area contributed by atoms with E-state index in [0.717, 1.165) is 24.2 Å². The number of hydrogen-bond acceptors (Lipinski definition) is 3. The number of methoxy groups -OCH3 is 1. The van der Waals surface area contributed by atoms with E-state index in [9.17, 15) is 9.59 Å². The molecular weight excluding hydrogens is 362 g/mol. The van der Waals surface area contributed by atoms with Crippen LogP contribution in [-0.4, -0.2) is 26.0 Å². The number of carbonyl (C=O) groups is 2. The minimum Gasteiger partial charge on any atom is -0.465 e. The number of amides is 1. The van der Waals surface area contributed by atoms with E-state index >= 15 is 0 Å². The molecule has 2 aromatic rings. The van der Waals surface area contributed by atoms with Gasteiger partial charge in [0.1, 0.15) is 11.4 Å². The van der Waals surface area contributed by atoms with Crippen molar-refractivity contribution in [2.24, 2.45) is 0 Å². The lowest BCUT2D eigenvalue weighted by Crippen LogP contribution is -2.44. The van der Waals surface area contributed by atoms with Crippen LogP contribution in [0.25, 0.3) is 0 Å². The van der Waals surface area contributed by atoms with Crippen LogP contribution in [0.2, 0.25) is 0 Å². The summed E-state index contributed by atoms with van der Waals surface area (Å²) in [5, 5.41) is 0. The number of quaternary nitrogens is 1. The summed E-state index contributed by atoms with van der Waals surface area (Å²) in [7, 11) is 3.28. The van der Waals surface area contributed by atoms with Gasteiger partial charge >= 0.3 is 11.9 Å². The summed E-state index contributed by atoms with van der Waals surface area (Å²) in [5.74, 6) is -0.366. The molecule has 0 saturated carbocycles. The molecule has 0 radical (unpaired) electrons. The first-order valence-corrected chi connectivity index (χ1v) is 10.2. The normalized spacial score (nSPS) is 19.0. The number of carbonyl (C=O) groups excluding carboxylic acids is 2. The molecule has 0 aliphatic heterocycles. The predicted molar refractivity (Wildman–Crippen MR) is 118 cm³/mol. The first-order valence-electron chi connectivity index (χ1n) is 10.2. The van der Waals surface area contributed by atoms with Gasteiger partial charge in [-0.1, -0.05) is 33.8 Å². The van der Waals surface area contributed by atoms with Crippen LogP contribution >= 0.6 is 0 Å². The topological polar surface area (TPSA) is 43.4 Å². The van der Waals surface area contributed by atoms with Crippen LogP contribution in [0.1, 0.15) is 68.9 Å². The van der Waals surface area contributed by atoms with Crippen LogP contribution in [0.5, 0.6) is 0 Å². The van der Waals surface area contributed by atoms with Gasteiger partial charge in [0.15, 0.2) is 0 Å². The Morgan fingerprint density at radius 1 is 0.862 bits per heavy atom. The van der Waals surface area contributed by atoms with E-state index in [1.165, 1.54) is 18.2 Å². The largest absolute Gasteiger partial charge is 0.465 e. The lowest BCUT2D eigenvalue weighted by atomic mass is 9.63. The van der Waals surface area contributed by atoms with E-state index in [0.29, 0.717) is 5.56 Å². The second-order valence-corrected chi connectivity index (χ2v) is 9.56. The van der Waals surface area contributed by atoms with Gasteiger partial charge in [-0.15, -0.1) is 0 Å². The molecular formula is C25H32NO3+. The second-order valence-electron chi connectivity index (χ2n) is 9.56. The van der Waals surface area contributed by atoms with Gasteiger partial charge in [0.25, 0.3) is 0 Å². The Labute approximate surface area is 174 Å². The molecule has 29 heavy (non-hydrogen) atoms. The molecule has 0 bridgehead atoms. The number of nitrogens with zero attached hydrogens (tertiary/aromatic N) is 1. The number of rotatable bonds is 3. The van der Waals surface area contributed by atoms with Crippen molar-refractivity contribution >= 4 is 23.3 Å². The maximum Gasteiger partial charge on any atom is 0.337 e. The molecule has 1 aliphatic rings. The molecule has 0 aromatic heterocycles. The minimum atomic E-state index is -0.383. The fraction of sp³-hybridized carbons (Fsp3) is 0.440. The molecule has 4 nitrogen and oxygen atoms in total. The van der Waals surface area contributed by atoms with Gasteiger partial charge in [-0.25, -0.2) is 9.59 Å². The van der Waals surface area contributed by atoms with Crippen LogP contribution in [0.4, 0.5) is 11.4 Å². The Morgan fingerprint density at radius 2 is 1.38 bits per heavy atom. The number of fused-ring (bicyclic) bond motifs is 1. The highest BCUT2D eigenvalue weighted by molar-refractivity contribution is 5.94. The van der Waals surface area contributed by atoms with Gasteiger partial charge in [0.2, 0.25) is 0 Å². The molecule has 0 heterocycles. The lowest BCUT2D eigenvalue weighted by molar-refractivity contribution is -0.124. The number of benzene rings is 2. The van der Waals surface area contributed by atoms with E-state index < -0.39 is 0 Å². The highest BCUT2D eigenvalue weighted by Gasteiger charge is 2.40. The van der Waals surface area contributed by atoms with Crippen LogP contribution in [0.15, 0.2) is 42.5 Å². The molecule has 0 N–H and O–H groups in total. The van der Waals surface area contributed by atoms with E-state index in [-0.39, 0.29) is 27.2 Å². The summed E-state index contributed by atoms with van der Waals surface area (Å²) < 4.78 is 4.83. The SMILES string of the molecule is COC(=O)c1ccc([N+](C)(C(C)=O)c2ccc3c(c2)C(C)(C)CCC3(C)C)cc1. The van der Waals surface area contributed by atoms with Gasteiger partial charge in [-0.05, 0) is 46.9 Å². The molecule has 1 unspecified atom stereocenters. The summed E-state index contributed by atoms with van der Waals surface area (Å²) >= 11 is 0. The van der Waals surface area contributed by atoms with E-state index in [2.05, 4.69) is 45.9 Å². The first kappa shape index (κ1) is 21.3. The van der Waals surface area contributed by atoms with Crippen LogP contribution in [-0.2, 0) is 20.4 Å². The third-order valence-corrected chi connectivity index (χ3v) is 6.79. The summed E-state index contributed by atoms with van der Waals surface area (Å²) in [5.41, 5.74) is 5.12. The van der Waals surface area contributed by atoms with Crippen molar-refractivity contribution in [3.63, 3.8) is 0 Å². The van der Waals surface area contributed by atoms with Gasteiger partial charge in [-0.2, -0.15) is 4.48 Å². The number of esters is 1. The standard InChI is InChI=1S/C25H32NO3/c1-17(27)26(6,19-10-8-18(9-11-19)23(28)29-7)20-12-13-21-22(16-20)25(4,5)15-14-24(21,2)3/h8-13,16H,14-15H2,1-7H3/q+1. The smallest absolute Gasteiger partial charge is 0.337 e. The molecule has 154 valence electrons. The molecule has 0 spiro atoms. The molecule has 0 fully saturated rings. The lowest BCUT2D eigenvalue weighted by Gasteiger charge is -2.42. The van der Waals surface area contributed by atoms with Crippen molar-refractivity contribution < 1.29 is 14.3 Å². The molecule has 0 saturated heterocycles. The summed E-state index contributed by atoms with van der Waals surface area (Å²) in [6, 6.07) is 13.6. The van der Waals surface area contributed by atoms with Gasteiger partial charge in [0, 0.05) is 24.3 Å². The monoisotopic (exact) mass is 394 g/mol. The van der Waals surface area contributed by atoms with E-state index in [4.69, 9.17) is 4.74 Å². The van der Waals surface area contributed by atoms with Crippen molar-refractivity contribution in [1.29, 1.82) is 0 Å². The fourth-order valence-corrected chi connectivity index (χ4v) is 4.38. The first-order chi connectivity index (χ1) is 13.4. The highest BCUT2D eigenvalue weighted by atomic mass is 16.5. The van der Waals surface area contributed by atoms with Crippen LogP contribution in [0, 0.1) is 0 Å². The maximum absolute atomic E-state index is 12.9. The molecule has 1 aliphatic carbocycles. The third kappa shape index (κ3) is 3.51. The van der Waals surface area contributed by atoms with Crippen molar-refractivity contribution in [3.8, 4) is 0 Å². The Kier molecular flexibility index (Phi) is 5.20. The Morgan fingerprint density at radius 3 is 1.90 bits per heavy atom. The predicted octanol–water partition coefficient (Wildman–Crippen LogP) is 5.64. The molecule has 3 rings (SSSR count). The quantitative estimate of drug-likeness (QED) is 0.500. The average Bonchev–Trinajstić information content (AvgIpc) is 2.70. The third-order valence-electron chi connectivity index (χ3n) is 6.79. The summed E-state index contributed by atoms with van der Waals surface area (Å²) in [6.07, 6.45) is 2.27. The van der Waals surface area contributed by atoms with Crippen molar-refractivity contribution in [2.45, 2.75) is 58.3 Å². The van der Waals surface area contributed by atoms with Gasteiger partial charge < -0.3 is 4.74 Å². The van der Waals surface area contributed by atoms with Crippen molar-refractivity contribution in [1.82, 2.24) is 4.48 Å². The van der Waals surface area contributed by atoms with E-state index in [1.807, 2.05) is 19.2 Å². The summed E-state index contributed by atoms with van der Waals surface area (Å²) in [4.78, 5) is 24.7. The van der Waals surface area contributed by atoms with E-state index in [1.54, 1.807) is 19.1 Å². The van der Waals surface area contributed by atoms with Crippen LogP contribution < -0.4 is 4.48 Å². The molecule has 1 amide bonds. The minimum absolute atomic E-state index is 0.0173. The Hall–Kier alpha value is -2.46. The van der Waals surface area contributed by atoms with Crippen molar-refractivity contribution in [2.75, 3.05) is 14.2 Å². The Balaban J connectivity index is 2.15. The van der Waals surface area contributed by atoms with Crippen LogP contribution in [0.3, 0.4) is 0 Å².